The monoisotopic (exact) mass is 292 g/mol. The van der Waals surface area contributed by atoms with E-state index in [2.05, 4.69) is 16.3 Å². The molecule has 0 aromatic heterocycles. The molecule has 3 rings (SSSR count). The number of hydrogen-bond acceptors (Lipinski definition) is 2. The second kappa shape index (κ2) is 6.15. The van der Waals surface area contributed by atoms with Crippen LogP contribution in [0.1, 0.15) is 31.2 Å². The molecular weight excluding hydrogens is 272 g/mol. The molecule has 0 bridgehead atoms. The van der Waals surface area contributed by atoms with Crippen LogP contribution in [0.3, 0.4) is 0 Å². The topological polar surface area (TPSA) is 32.3 Å². The largest absolute Gasteiger partial charge is 0.353 e. The van der Waals surface area contributed by atoms with Crippen LogP contribution in [0.4, 0.5) is 0 Å². The summed E-state index contributed by atoms with van der Waals surface area (Å²) in [6.07, 6.45) is 4.27. The van der Waals surface area contributed by atoms with Crippen LogP contribution in [0, 0.1) is 5.92 Å². The zero-order valence-electron chi connectivity index (χ0n) is 11.6. The predicted octanol–water partition coefficient (Wildman–Crippen LogP) is 2.83. The lowest BCUT2D eigenvalue weighted by molar-refractivity contribution is -0.123. The van der Waals surface area contributed by atoms with Crippen molar-refractivity contribution in [3.63, 3.8) is 0 Å². The van der Waals surface area contributed by atoms with E-state index in [1.54, 1.807) is 0 Å². The Morgan fingerprint density at radius 2 is 2.00 bits per heavy atom. The number of carbonyl (C=O) groups is 1. The van der Waals surface area contributed by atoms with E-state index in [9.17, 15) is 4.79 Å². The molecule has 1 heterocycles. The molecule has 2 aliphatic rings. The Morgan fingerprint density at radius 1 is 1.25 bits per heavy atom. The predicted molar refractivity (Wildman–Crippen MR) is 80.6 cm³/mol. The summed E-state index contributed by atoms with van der Waals surface area (Å²) in [7, 11) is 0. The summed E-state index contributed by atoms with van der Waals surface area (Å²) in [5.74, 6) is 0.595. The zero-order valence-corrected chi connectivity index (χ0v) is 12.4. The Bertz CT molecular complexity index is 479. The number of likely N-dealkylation sites (tertiary alicyclic amines) is 1. The maximum absolute atomic E-state index is 11.7. The van der Waals surface area contributed by atoms with Crippen LogP contribution in [0.2, 0.25) is 5.02 Å². The first-order chi connectivity index (χ1) is 9.70. The summed E-state index contributed by atoms with van der Waals surface area (Å²) in [6.45, 7) is 3.04. The van der Waals surface area contributed by atoms with Crippen LogP contribution in [0.15, 0.2) is 24.3 Å². The summed E-state index contributed by atoms with van der Waals surface area (Å²) >= 11 is 6.01. The SMILES string of the molecule is O=C(NC1CCN(Cc2cccc(Cl)c2)CC1)C1CC1. The van der Waals surface area contributed by atoms with Crippen molar-refractivity contribution in [2.75, 3.05) is 13.1 Å². The van der Waals surface area contributed by atoms with Crippen LogP contribution >= 0.6 is 11.6 Å². The number of amides is 1. The van der Waals surface area contributed by atoms with Crippen molar-refractivity contribution < 1.29 is 4.79 Å². The minimum Gasteiger partial charge on any atom is -0.353 e. The van der Waals surface area contributed by atoms with Gasteiger partial charge in [-0.25, -0.2) is 0 Å². The van der Waals surface area contributed by atoms with E-state index in [0.29, 0.717) is 12.0 Å². The molecule has 1 saturated carbocycles. The maximum Gasteiger partial charge on any atom is 0.223 e. The fourth-order valence-corrected chi connectivity index (χ4v) is 3.01. The zero-order chi connectivity index (χ0) is 13.9. The fourth-order valence-electron chi connectivity index (χ4n) is 2.79. The molecule has 108 valence electrons. The van der Waals surface area contributed by atoms with Crippen LogP contribution in [0.25, 0.3) is 0 Å². The van der Waals surface area contributed by atoms with Gasteiger partial charge in [0.15, 0.2) is 0 Å². The lowest BCUT2D eigenvalue weighted by Gasteiger charge is -2.32. The van der Waals surface area contributed by atoms with Gasteiger partial charge in [-0.05, 0) is 43.4 Å². The molecule has 0 spiro atoms. The highest BCUT2D eigenvalue weighted by atomic mass is 35.5. The van der Waals surface area contributed by atoms with Gasteiger partial charge in [0.2, 0.25) is 5.91 Å². The van der Waals surface area contributed by atoms with E-state index in [-0.39, 0.29) is 5.91 Å². The summed E-state index contributed by atoms with van der Waals surface area (Å²) in [4.78, 5) is 14.2. The molecule has 1 N–H and O–H groups in total. The molecule has 20 heavy (non-hydrogen) atoms. The summed E-state index contributed by atoms with van der Waals surface area (Å²) in [6, 6.07) is 8.43. The summed E-state index contributed by atoms with van der Waals surface area (Å²) < 4.78 is 0. The quantitative estimate of drug-likeness (QED) is 0.925. The van der Waals surface area contributed by atoms with Crippen molar-refractivity contribution in [1.29, 1.82) is 0 Å². The number of halogens is 1. The van der Waals surface area contributed by atoms with Gasteiger partial charge in [0.25, 0.3) is 0 Å². The molecule has 1 saturated heterocycles. The Balaban J connectivity index is 1.45. The van der Waals surface area contributed by atoms with Crippen molar-refractivity contribution in [3.05, 3.63) is 34.9 Å². The highest BCUT2D eigenvalue weighted by Crippen LogP contribution is 2.29. The molecule has 1 aromatic carbocycles. The van der Waals surface area contributed by atoms with Gasteiger partial charge in [0.1, 0.15) is 0 Å². The molecule has 1 aromatic rings. The van der Waals surface area contributed by atoms with Crippen LogP contribution in [-0.2, 0) is 11.3 Å². The van der Waals surface area contributed by atoms with Crippen LogP contribution in [0.5, 0.6) is 0 Å². The van der Waals surface area contributed by atoms with E-state index >= 15 is 0 Å². The average molecular weight is 293 g/mol. The number of benzene rings is 1. The van der Waals surface area contributed by atoms with Crippen molar-refractivity contribution >= 4 is 17.5 Å². The molecule has 3 nitrogen and oxygen atoms in total. The van der Waals surface area contributed by atoms with Gasteiger partial charge < -0.3 is 5.32 Å². The molecule has 1 aliphatic heterocycles. The molecule has 1 aliphatic carbocycles. The fraction of sp³-hybridized carbons (Fsp3) is 0.562. The lowest BCUT2D eigenvalue weighted by Crippen LogP contribution is -2.44. The second-order valence-electron chi connectivity index (χ2n) is 5.96. The average Bonchev–Trinajstić information content (AvgIpc) is 3.25. The Morgan fingerprint density at radius 3 is 2.65 bits per heavy atom. The molecule has 0 atom stereocenters. The number of rotatable bonds is 4. The maximum atomic E-state index is 11.7. The van der Waals surface area contributed by atoms with Gasteiger partial charge in [-0.15, -0.1) is 0 Å². The third-order valence-corrected chi connectivity index (χ3v) is 4.41. The molecule has 0 radical (unpaired) electrons. The van der Waals surface area contributed by atoms with Crippen LogP contribution < -0.4 is 5.32 Å². The Kier molecular flexibility index (Phi) is 4.27. The van der Waals surface area contributed by atoms with Gasteiger partial charge in [-0.1, -0.05) is 23.7 Å². The normalized spacial score (nSPS) is 20.9. The van der Waals surface area contributed by atoms with E-state index < -0.39 is 0 Å². The smallest absolute Gasteiger partial charge is 0.223 e. The Hall–Kier alpha value is -1.06. The van der Waals surface area contributed by atoms with E-state index in [4.69, 9.17) is 11.6 Å². The van der Waals surface area contributed by atoms with Gasteiger partial charge in [0.05, 0.1) is 0 Å². The van der Waals surface area contributed by atoms with Gasteiger partial charge in [-0.2, -0.15) is 0 Å². The summed E-state index contributed by atoms with van der Waals surface area (Å²) in [5, 5.41) is 3.99. The van der Waals surface area contributed by atoms with Gasteiger partial charge in [0, 0.05) is 36.6 Å². The standard InChI is InChI=1S/C16H21ClN2O/c17-14-3-1-2-12(10-14)11-19-8-6-15(7-9-19)18-16(20)13-4-5-13/h1-3,10,13,15H,4-9,11H2,(H,18,20). The first kappa shape index (κ1) is 13.9. The second-order valence-corrected chi connectivity index (χ2v) is 6.40. The molecule has 1 amide bonds. The third kappa shape index (κ3) is 3.74. The number of nitrogens with one attached hydrogen (secondary N) is 1. The van der Waals surface area contributed by atoms with Crippen molar-refractivity contribution in [2.45, 2.75) is 38.3 Å². The third-order valence-electron chi connectivity index (χ3n) is 4.18. The summed E-state index contributed by atoms with van der Waals surface area (Å²) in [5.41, 5.74) is 1.26. The van der Waals surface area contributed by atoms with Crippen molar-refractivity contribution in [1.82, 2.24) is 10.2 Å². The molecule has 4 heteroatoms. The number of hydrogen-bond donors (Lipinski definition) is 1. The van der Waals surface area contributed by atoms with Crippen LogP contribution in [-0.4, -0.2) is 29.9 Å². The first-order valence-electron chi connectivity index (χ1n) is 7.48. The molecule has 2 fully saturated rings. The number of nitrogens with zero attached hydrogens (tertiary/aromatic N) is 1. The van der Waals surface area contributed by atoms with Crippen molar-refractivity contribution in [2.24, 2.45) is 5.92 Å². The highest BCUT2D eigenvalue weighted by molar-refractivity contribution is 6.30. The Labute approximate surface area is 125 Å². The molecule has 0 unspecified atom stereocenters. The first-order valence-corrected chi connectivity index (χ1v) is 7.86. The highest BCUT2D eigenvalue weighted by Gasteiger charge is 2.31. The van der Waals surface area contributed by atoms with E-state index in [0.717, 1.165) is 50.3 Å². The minimum absolute atomic E-state index is 0.276. The molecular formula is C16H21ClN2O. The van der Waals surface area contributed by atoms with Gasteiger partial charge in [-0.3, -0.25) is 9.69 Å². The number of carbonyl (C=O) groups excluding carboxylic acids is 1. The van der Waals surface area contributed by atoms with E-state index in [1.165, 1.54) is 5.56 Å². The minimum atomic E-state index is 0.276. The number of piperidine rings is 1. The lowest BCUT2D eigenvalue weighted by atomic mass is 10.0. The van der Waals surface area contributed by atoms with Gasteiger partial charge >= 0.3 is 0 Å². The van der Waals surface area contributed by atoms with Crippen molar-refractivity contribution in [3.8, 4) is 0 Å². The van der Waals surface area contributed by atoms with E-state index in [1.807, 2.05) is 18.2 Å².